The fraction of sp³-hybridized carbons (Fsp3) is 0.222. The molecule has 0 fully saturated rings. The summed E-state index contributed by atoms with van der Waals surface area (Å²) in [4.78, 5) is 23.4. The Hall–Kier alpha value is -2.43. The fourth-order valence-electron chi connectivity index (χ4n) is 2.38. The molecule has 2 aromatic heterocycles. The van der Waals surface area contributed by atoms with E-state index < -0.39 is 0 Å². The maximum atomic E-state index is 12.5. The molecule has 25 heavy (non-hydrogen) atoms. The van der Waals surface area contributed by atoms with Gasteiger partial charge >= 0.3 is 0 Å². The van der Waals surface area contributed by atoms with Gasteiger partial charge in [0, 0.05) is 10.3 Å². The molecule has 0 bridgehead atoms. The van der Waals surface area contributed by atoms with Crippen molar-refractivity contribution in [3.63, 3.8) is 0 Å². The average Bonchev–Trinajstić information content (AvgIpc) is 2.90. The Morgan fingerprint density at radius 1 is 1.32 bits per heavy atom. The summed E-state index contributed by atoms with van der Waals surface area (Å²) >= 11 is 3.04. The highest BCUT2D eigenvalue weighted by atomic mass is 32.2. The largest absolute Gasteiger partial charge is 0.324 e. The van der Waals surface area contributed by atoms with Crippen molar-refractivity contribution >= 4 is 44.9 Å². The molecule has 0 aliphatic carbocycles. The molecule has 1 aromatic carbocycles. The van der Waals surface area contributed by atoms with Crippen LogP contribution in [0.1, 0.15) is 22.9 Å². The van der Waals surface area contributed by atoms with Gasteiger partial charge in [0.05, 0.1) is 16.5 Å². The Bertz CT molecular complexity index is 990. The highest BCUT2D eigenvalue weighted by molar-refractivity contribution is 8.00. The summed E-state index contributed by atoms with van der Waals surface area (Å²) in [5.74, 6) is -0.163. The number of thioether (sulfide) groups is 1. The molecule has 1 unspecified atom stereocenters. The second-order valence-corrected chi connectivity index (χ2v) is 8.08. The minimum absolute atomic E-state index is 0.163. The quantitative estimate of drug-likeness (QED) is 0.549. The minimum atomic E-state index is -0.357. The summed E-state index contributed by atoms with van der Waals surface area (Å²) in [6, 6.07) is 9.05. The first-order valence-electron chi connectivity index (χ1n) is 7.68. The molecule has 0 saturated carbocycles. The lowest BCUT2D eigenvalue weighted by atomic mass is 10.2. The molecule has 3 rings (SSSR count). The predicted octanol–water partition coefficient (Wildman–Crippen LogP) is 4.30. The van der Waals surface area contributed by atoms with Gasteiger partial charge in [-0.2, -0.15) is 5.26 Å². The molecule has 126 valence electrons. The van der Waals surface area contributed by atoms with Gasteiger partial charge in [0.2, 0.25) is 5.91 Å². The van der Waals surface area contributed by atoms with Crippen molar-refractivity contribution in [1.82, 2.24) is 9.97 Å². The lowest BCUT2D eigenvalue weighted by Crippen LogP contribution is -2.23. The number of anilines is 1. The molecule has 1 amide bonds. The van der Waals surface area contributed by atoms with Gasteiger partial charge in [-0.1, -0.05) is 23.9 Å². The van der Waals surface area contributed by atoms with Gasteiger partial charge in [-0.15, -0.1) is 11.3 Å². The van der Waals surface area contributed by atoms with Crippen LogP contribution in [-0.2, 0) is 4.79 Å². The van der Waals surface area contributed by atoms with E-state index in [0.29, 0.717) is 11.3 Å². The van der Waals surface area contributed by atoms with E-state index in [2.05, 4.69) is 35.2 Å². The highest BCUT2D eigenvalue weighted by Crippen LogP contribution is 2.36. The second kappa shape index (κ2) is 7.21. The first-order chi connectivity index (χ1) is 12.0. The number of aryl methyl sites for hydroxylation is 2. The number of aromatic nitrogens is 2. The van der Waals surface area contributed by atoms with E-state index in [0.717, 1.165) is 20.8 Å². The van der Waals surface area contributed by atoms with Crippen molar-refractivity contribution in [2.24, 2.45) is 0 Å². The maximum absolute atomic E-state index is 12.5. The number of fused-ring (bicyclic) bond motifs is 1. The van der Waals surface area contributed by atoms with Crippen molar-refractivity contribution in [1.29, 1.82) is 5.26 Å². The Kier molecular flexibility index (Phi) is 5.02. The normalized spacial score (nSPS) is 11.9. The van der Waals surface area contributed by atoms with Gasteiger partial charge in [-0.25, -0.2) is 9.97 Å². The molecule has 0 radical (unpaired) electrons. The van der Waals surface area contributed by atoms with Crippen LogP contribution in [0.3, 0.4) is 0 Å². The lowest BCUT2D eigenvalue weighted by molar-refractivity contribution is -0.115. The number of carbonyl (C=O) groups is 1. The van der Waals surface area contributed by atoms with Gasteiger partial charge in [-0.3, -0.25) is 4.79 Å². The molecule has 5 nitrogen and oxygen atoms in total. The number of nitriles is 1. The molecular formula is C18H16N4OS2. The van der Waals surface area contributed by atoms with Crippen molar-refractivity contribution < 1.29 is 4.79 Å². The van der Waals surface area contributed by atoms with E-state index in [1.165, 1.54) is 23.0 Å². The molecule has 3 aromatic rings. The molecule has 1 atom stereocenters. The van der Waals surface area contributed by atoms with E-state index in [-0.39, 0.29) is 11.2 Å². The summed E-state index contributed by atoms with van der Waals surface area (Å²) in [7, 11) is 0. The van der Waals surface area contributed by atoms with Crippen molar-refractivity contribution in [2.75, 3.05) is 5.32 Å². The number of nitrogens with zero attached hydrogens (tertiary/aromatic N) is 3. The van der Waals surface area contributed by atoms with Crippen LogP contribution in [0.4, 0.5) is 5.69 Å². The third-order valence-electron chi connectivity index (χ3n) is 3.89. The Balaban J connectivity index is 1.82. The van der Waals surface area contributed by atoms with Crippen molar-refractivity contribution in [3.8, 4) is 6.07 Å². The summed E-state index contributed by atoms with van der Waals surface area (Å²) in [5.41, 5.74) is 2.13. The molecule has 0 aliphatic heterocycles. The SMILES string of the molecule is Cc1sc2ncnc(SC(C)C(=O)Nc3ccccc3C#N)c2c1C. The monoisotopic (exact) mass is 368 g/mol. The number of hydrogen-bond acceptors (Lipinski definition) is 6. The van der Waals surface area contributed by atoms with Crippen LogP contribution in [0, 0.1) is 25.2 Å². The Morgan fingerprint density at radius 2 is 2.08 bits per heavy atom. The van der Waals surface area contributed by atoms with E-state index in [1.54, 1.807) is 35.6 Å². The lowest BCUT2D eigenvalue weighted by Gasteiger charge is -2.13. The van der Waals surface area contributed by atoms with Gasteiger partial charge in [-0.05, 0) is 38.5 Å². The predicted molar refractivity (Wildman–Crippen MR) is 102 cm³/mol. The number of thiophene rings is 1. The van der Waals surface area contributed by atoms with Crippen LogP contribution in [0.5, 0.6) is 0 Å². The smallest absolute Gasteiger partial charge is 0.237 e. The maximum Gasteiger partial charge on any atom is 0.237 e. The van der Waals surface area contributed by atoms with Gasteiger partial charge in [0.15, 0.2) is 0 Å². The molecule has 2 heterocycles. The highest BCUT2D eigenvalue weighted by Gasteiger charge is 2.20. The van der Waals surface area contributed by atoms with Crippen LogP contribution >= 0.6 is 23.1 Å². The van der Waals surface area contributed by atoms with Gasteiger partial charge in [0.25, 0.3) is 0 Å². The van der Waals surface area contributed by atoms with Gasteiger partial charge < -0.3 is 5.32 Å². The minimum Gasteiger partial charge on any atom is -0.324 e. The van der Waals surface area contributed by atoms with Crippen LogP contribution < -0.4 is 5.32 Å². The number of para-hydroxylation sites is 1. The topological polar surface area (TPSA) is 78.7 Å². The summed E-state index contributed by atoms with van der Waals surface area (Å²) in [6.45, 7) is 5.94. The average molecular weight is 368 g/mol. The van der Waals surface area contributed by atoms with Crippen LogP contribution in [0.15, 0.2) is 35.6 Å². The zero-order valence-corrected chi connectivity index (χ0v) is 15.7. The summed E-state index contributed by atoms with van der Waals surface area (Å²) in [5, 5.41) is 13.4. The summed E-state index contributed by atoms with van der Waals surface area (Å²) in [6.07, 6.45) is 1.54. The first kappa shape index (κ1) is 17.4. The standard InChI is InChI=1S/C18H16N4OS2/c1-10-11(2)24-17-15(10)18(21-9-20-17)25-12(3)16(23)22-14-7-5-4-6-13(14)8-19/h4-7,9,12H,1-3H3,(H,22,23). The van der Waals surface area contributed by atoms with Crippen molar-refractivity contribution in [2.45, 2.75) is 31.0 Å². The van der Waals surface area contributed by atoms with Crippen LogP contribution in [-0.4, -0.2) is 21.1 Å². The number of benzene rings is 1. The van der Waals surface area contributed by atoms with E-state index in [4.69, 9.17) is 5.26 Å². The van der Waals surface area contributed by atoms with Crippen LogP contribution in [0.2, 0.25) is 0 Å². The molecule has 7 heteroatoms. The number of rotatable bonds is 4. The zero-order chi connectivity index (χ0) is 18.0. The Labute approximate surface area is 154 Å². The molecular weight excluding hydrogens is 352 g/mol. The number of nitrogens with one attached hydrogen (secondary N) is 1. The molecule has 0 saturated heterocycles. The second-order valence-electron chi connectivity index (χ2n) is 5.55. The Morgan fingerprint density at radius 3 is 2.84 bits per heavy atom. The molecule has 0 spiro atoms. The zero-order valence-electron chi connectivity index (χ0n) is 14.0. The number of amides is 1. The van der Waals surface area contributed by atoms with E-state index in [1.807, 2.05) is 6.92 Å². The van der Waals surface area contributed by atoms with Crippen molar-refractivity contribution in [3.05, 3.63) is 46.6 Å². The summed E-state index contributed by atoms with van der Waals surface area (Å²) < 4.78 is 0. The molecule has 0 aliphatic rings. The molecule has 1 N–H and O–H groups in total. The van der Waals surface area contributed by atoms with Crippen LogP contribution in [0.25, 0.3) is 10.2 Å². The number of carbonyl (C=O) groups excluding carboxylic acids is 1. The first-order valence-corrected chi connectivity index (χ1v) is 9.38. The number of hydrogen-bond donors (Lipinski definition) is 1. The third-order valence-corrected chi connectivity index (χ3v) is 6.11. The van der Waals surface area contributed by atoms with Gasteiger partial charge in [0.1, 0.15) is 22.3 Å². The third kappa shape index (κ3) is 3.50. The fourth-order valence-corrected chi connectivity index (χ4v) is 4.42. The van der Waals surface area contributed by atoms with E-state index >= 15 is 0 Å². The van der Waals surface area contributed by atoms with E-state index in [9.17, 15) is 4.79 Å².